The molecule has 1 aromatic heterocycles. The minimum Gasteiger partial charge on any atom is -0.465 e. The van der Waals surface area contributed by atoms with Crippen LogP contribution >= 0.6 is 8.19 Å². The molecule has 31 heavy (non-hydrogen) atoms. The summed E-state index contributed by atoms with van der Waals surface area (Å²) in [6, 6.07) is 2.37. The Morgan fingerprint density at radius 2 is 1.52 bits per heavy atom. The van der Waals surface area contributed by atoms with E-state index < -0.39 is 17.4 Å². The molecule has 4 saturated carbocycles. The summed E-state index contributed by atoms with van der Waals surface area (Å²) in [5.41, 5.74) is 2.30. The largest absolute Gasteiger partial charge is 0.465 e. The number of carbonyl (C=O) groups is 2. The van der Waals surface area contributed by atoms with Gasteiger partial charge in [0, 0.05) is 11.8 Å². The highest BCUT2D eigenvalue weighted by Gasteiger charge is 2.61. The maximum Gasteiger partial charge on any atom is 0.324 e. The molecule has 4 bridgehead atoms. The zero-order valence-corrected chi connectivity index (χ0v) is 20.3. The zero-order valence-electron chi connectivity index (χ0n) is 19.4. The van der Waals surface area contributed by atoms with Crippen molar-refractivity contribution in [2.45, 2.75) is 84.5 Å². The van der Waals surface area contributed by atoms with E-state index >= 15 is 0 Å². The van der Waals surface area contributed by atoms with Gasteiger partial charge in [0.1, 0.15) is 0 Å². The molecule has 0 amide bonds. The molecule has 5 aliphatic rings. The summed E-state index contributed by atoms with van der Waals surface area (Å²) in [5.74, 6) is 2.25. The smallest absolute Gasteiger partial charge is 0.324 e. The molecule has 0 aromatic carbocycles. The number of fused-ring (bicyclic) bond motifs is 1. The zero-order chi connectivity index (χ0) is 22.1. The van der Waals surface area contributed by atoms with Gasteiger partial charge in [0.25, 0.3) is 0 Å². The molecule has 2 unspecified atom stereocenters. The summed E-state index contributed by atoms with van der Waals surface area (Å²) in [4.78, 5) is 25.9. The quantitative estimate of drug-likeness (QED) is 0.432. The predicted molar refractivity (Wildman–Crippen MR) is 121 cm³/mol. The van der Waals surface area contributed by atoms with Crippen LogP contribution in [-0.4, -0.2) is 25.2 Å². The Hall–Kier alpha value is -1.41. The fourth-order valence-electron chi connectivity index (χ4n) is 8.50. The molecule has 168 valence electrons. The van der Waals surface area contributed by atoms with Gasteiger partial charge in [-0.15, -0.1) is 0 Å². The fourth-order valence-corrected chi connectivity index (χ4v) is 9.80. The van der Waals surface area contributed by atoms with Crippen molar-refractivity contribution in [2.75, 3.05) is 13.2 Å². The third kappa shape index (κ3) is 3.27. The summed E-state index contributed by atoms with van der Waals surface area (Å²) in [5, 5.41) is 1.52. The normalized spacial score (nSPS) is 37.1. The number of hydrogen-bond acceptors (Lipinski definition) is 4. The van der Waals surface area contributed by atoms with Gasteiger partial charge in [-0.25, -0.2) is 0 Å². The second kappa shape index (κ2) is 7.04. The Labute approximate surface area is 187 Å². The standard InChI is InChI=1S/C26H35O4P/c1-5-29-21(27)26(22(28)30-6-2)11-18-7-20(31-13-19(18)12-26)25-10-17-8-23(3,15-25)14-24(4,9-17)16-25/h7,13,17H,5-6,8-12,14-16H2,1-4H3/t17?,23-,24+,25?. The monoisotopic (exact) mass is 442 g/mol. The van der Waals surface area contributed by atoms with Crippen LogP contribution in [0, 0.1) is 22.2 Å². The average Bonchev–Trinajstić information content (AvgIpc) is 3.06. The second-order valence-corrected chi connectivity index (χ2v) is 12.6. The Morgan fingerprint density at radius 1 is 0.935 bits per heavy atom. The van der Waals surface area contributed by atoms with Crippen LogP contribution in [0.4, 0.5) is 0 Å². The first kappa shape index (κ1) is 21.4. The minimum atomic E-state index is -1.21. The molecule has 0 radical (unpaired) electrons. The van der Waals surface area contributed by atoms with Gasteiger partial charge in [-0.1, -0.05) is 28.1 Å². The molecule has 4 fully saturated rings. The van der Waals surface area contributed by atoms with Gasteiger partial charge >= 0.3 is 11.9 Å². The van der Waals surface area contributed by atoms with E-state index in [0.29, 0.717) is 29.1 Å². The van der Waals surface area contributed by atoms with Crippen molar-refractivity contribution in [1.29, 1.82) is 0 Å². The van der Waals surface area contributed by atoms with Crippen molar-refractivity contribution in [3.63, 3.8) is 0 Å². The summed E-state index contributed by atoms with van der Waals surface area (Å²) in [7, 11) is 1.26. The first-order chi connectivity index (χ1) is 14.6. The molecule has 1 aromatic rings. The van der Waals surface area contributed by atoms with Gasteiger partial charge < -0.3 is 9.47 Å². The highest BCUT2D eigenvalue weighted by molar-refractivity contribution is 7.30. The first-order valence-electron chi connectivity index (χ1n) is 12.0. The number of rotatable bonds is 5. The Morgan fingerprint density at radius 3 is 2.06 bits per heavy atom. The van der Waals surface area contributed by atoms with E-state index in [1.165, 1.54) is 52.0 Å². The average molecular weight is 443 g/mol. The van der Waals surface area contributed by atoms with Gasteiger partial charge in [-0.3, -0.25) is 9.59 Å². The van der Waals surface area contributed by atoms with Crippen LogP contribution in [-0.2, 0) is 37.3 Å². The number of esters is 2. The molecule has 5 heteroatoms. The third-order valence-electron chi connectivity index (χ3n) is 8.57. The molecular weight excluding hydrogens is 407 g/mol. The summed E-state index contributed by atoms with van der Waals surface area (Å²) >= 11 is 0. The molecule has 4 atom stereocenters. The first-order valence-corrected chi connectivity index (χ1v) is 12.9. The van der Waals surface area contributed by atoms with Crippen molar-refractivity contribution in [2.24, 2.45) is 22.2 Å². The molecule has 0 spiro atoms. The van der Waals surface area contributed by atoms with Crippen molar-refractivity contribution in [3.8, 4) is 0 Å². The SMILES string of the molecule is CCOC(=O)C1(C(=O)OCC)Cc2cpc(C34CC5C[C@@](C)(C3)C[C@](C)(C5)C4)cc2C1. The van der Waals surface area contributed by atoms with Crippen molar-refractivity contribution in [3.05, 3.63) is 28.3 Å². The Kier molecular flexibility index (Phi) is 4.87. The van der Waals surface area contributed by atoms with E-state index in [-0.39, 0.29) is 13.2 Å². The molecular formula is C26H35O4P. The van der Waals surface area contributed by atoms with Crippen LogP contribution in [0.3, 0.4) is 0 Å². The maximum absolute atomic E-state index is 12.9. The van der Waals surface area contributed by atoms with E-state index in [2.05, 4.69) is 25.7 Å². The van der Waals surface area contributed by atoms with Crippen molar-refractivity contribution >= 4 is 20.1 Å². The van der Waals surface area contributed by atoms with Gasteiger partial charge in [-0.2, -0.15) is 0 Å². The van der Waals surface area contributed by atoms with Gasteiger partial charge in [0.05, 0.1) is 13.2 Å². The fraction of sp³-hybridized carbons (Fsp3) is 0.731. The molecule has 5 aliphatic carbocycles. The topological polar surface area (TPSA) is 52.6 Å². The van der Waals surface area contributed by atoms with Crippen LogP contribution in [0.15, 0.2) is 11.9 Å². The highest BCUT2D eigenvalue weighted by Crippen LogP contribution is 2.70. The molecule has 0 N–H and O–H groups in total. The number of ether oxygens (including phenoxy) is 2. The predicted octanol–water partition coefficient (Wildman–Crippen LogP) is 5.73. The lowest BCUT2D eigenvalue weighted by Crippen LogP contribution is -2.56. The Bertz CT molecular complexity index is 901. The van der Waals surface area contributed by atoms with Gasteiger partial charge in [0.2, 0.25) is 0 Å². The van der Waals surface area contributed by atoms with E-state index in [1.54, 1.807) is 13.8 Å². The summed E-state index contributed by atoms with van der Waals surface area (Å²) in [6.45, 7) is 9.15. The molecule has 1 heterocycles. The van der Waals surface area contributed by atoms with Gasteiger partial charge in [-0.05, 0) is 97.8 Å². The van der Waals surface area contributed by atoms with Crippen LogP contribution < -0.4 is 0 Å². The van der Waals surface area contributed by atoms with E-state index in [9.17, 15) is 9.59 Å². The van der Waals surface area contributed by atoms with Crippen LogP contribution in [0.1, 0.15) is 82.6 Å². The van der Waals surface area contributed by atoms with Crippen LogP contribution in [0.2, 0.25) is 0 Å². The van der Waals surface area contributed by atoms with Gasteiger partial charge in [0.15, 0.2) is 5.41 Å². The molecule has 0 saturated heterocycles. The van der Waals surface area contributed by atoms with Crippen LogP contribution in [0.5, 0.6) is 0 Å². The highest BCUT2D eigenvalue weighted by atomic mass is 31.0. The van der Waals surface area contributed by atoms with E-state index in [4.69, 9.17) is 9.47 Å². The molecule has 4 nitrogen and oxygen atoms in total. The van der Waals surface area contributed by atoms with Crippen molar-refractivity contribution < 1.29 is 19.1 Å². The van der Waals surface area contributed by atoms with E-state index in [0.717, 1.165) is 17.0 Å². The lowest BCUT2D eigenvalue weighted by atomic mass is 9.40. The number of hydrogen-bond donors (Lipinski definition) is 0. The summed E-state index contributed by atoms with van der Waals surface area (Å²) < 4.78 is 10.7. The second-order valence-electron chi connectivity index (χ2n) is 11.6. The Balaban J connectivity index is 1.50. The van der Waals surface area contributed by atoms with Crippen molar-refractivity contribution in [1.82, 2.24) is 0 Å². The third-order valence-corrected chi connectivity index (χ3v) is 9.89. The maximum atomic E-state index is 12.9. The molecule has 6 rings (SSSR count). The lowest BCUT2D eigenvalue weighted by molar-refractivity contribution is -0.171. The molecule has 0 aliphatic heterocycles. The van der Waals surface area contributed by atoms with Crippen LogP contribution in [0.25, 0.3) is 0 Å². The minimum absolute atomic E-state index is 0.273. The lowest BCUT2D eigenvalue weighted by Gasteiger charge is -2.65. The van der Waals surface area contributed by atoms with E-state index in [1.807, 2.05) is 0 Å². The number of carbonyl (C=O) groups excluding carboxylic acids is 2. The summed E-state index contributed by atoms with van der Waals surface area (Å²) in [6.07, 6.45) is 8.86.